The standard InChI is InChI=1S/C15H16F3N3O4S/c1-20(2)26(23,24)11-6-4-10(5-7-11)14(22)25-12(15(16,17)18)13-19-8-9-21(13)3/h4-9,12H,1-3H3. The van der Waals surface area contributed by atoms with Gasteiger partial charge in [0.1, 0.15) is 0 Å². The van der Waals surface area contributed by atoms with Crippen LogP contribution in [0.3, 0.4) is 0 Å². The SMILES string of the molecule is CN(C)S(=O)(=O)c1ccc(C(=O)OC(c2nccn2C)C(F)(F)F)cc1. The lowest BCUT2D eigenvalue weighted by molar-refractivity contribution is -0.210. The third-order valence-electron chi connectivity index (χ3n) is 3.48. The highest BCUT2D eigenvalue weighted by molar-refractivity contribution is 7.89. The maximum atomic E-state index is 13.2. The maximum absolute atomic E-state index is 13.2. The predicted octanol–water partition coefficient (Wildman–Crippen LogP) is 2.13. The molecule has 0 bridgehead atoms. The second-order valence-corrected chi connectivity index (χ2v) is 7.69. The molecule has 7 nitrogen and oxygen atoms in total. The van der Waals surface area contributed by atoms with E-state index in [0.29, 0.717) is 0 Å². The van der Waals surface area contributed by atoms with Crippen molar-refractivity contribution < 1.29 is 31.1 Å². The van der Waals surface area contributed by atoms with Crippen molar-refractivity contribution in [1.29, 1.82) is 0 Å². The van der Waals surface area contributed by atoms with E-state index in [-0.39, 0.29) is 10.5 Å². The molecule has 1 aromatic carbocycles. The number of imidazole rings is 1. The van der Waals surface area contributed by atoms with E-state index in [1.807, 2.05) is 0 Å². The summed E-state index contributed by atoms with van der Waals surface area (Å²) in [7, 11) is 0.288. The quantitative estimate of drug-likeness (QED) is 0.730. The van der Waals surface area contributed by atoms with Gasteiger partial charge in [0.2, 0.25) is 10.0 Å². The lowest BCUT2D eigenvalue weighted by atomic mass is 10.2. The Morgan fingerprint density at radius 2 is 1.81 bits per heavy atom. The molecular formula is C15H16F3N3O4S. The summed E-state index contributed by atoms with van der Waals surface area (Å²) in [5.74, 6) is -1.72. The first-order valence-corrected chi connectivity index (χ1v) is 8.66. The van der Waals surface area contributed by atoms with Gasteiger partial charge in [-0.1, -0.05) is 0 Å². The number of ether oxygens (including phenoxy) is 1. The largest absolute Gasteiger partial charge is 0.441 e. The van der Waals surface area contributed by atoms with Gasteiger partial charge in [-0.25, -0.2) is 22.5 Å². The molecule has 11 heteroatoms. The Morgan fingerprint density at radius 3 is 2.23 bits per heavy atom. The van der Waals surface area contributed by atoms with Crippen LogP contribution in [0.4, 0.5) is 13.2 Å². The first kappa shape index (κ1) is 19.9. The Labute approximate surface area is 148 Å². The first-order valence-electron chi connectivity index (χ1n) is 7.22. The van der Waals surface area contributed by atoms with Gasteiger partial charge in [-0.05, 0) is 24.3 Å². The third kappa shape index (κ3) is 4.05. The van der Waals surface area contributed by atoms with Gasteiger partial charge in [-0.15, -0.1) is 0 Å². The van der Waals surface area contributed by atoms with Crippen LogP contribution in [0.2, 0.25) is 0 Å². The van der Waals surface area contributed by atoms with Gasteiger partial charge >= 0.3 is 12.1 Å². The number of halogens is 3. The van der Waals surface area contributed by atoms with Crippen LogP contribution in [0, 0.1) is 0 Å². The van der Waals surface area contributed by atoms with Crippen molar-refractivity contribution in [1.82, 2.24) is 13.9 Å². The lowest BCUT2D eigenvalue weighted by Crippen LogP contribution is -2.28. The number of hydrogen-bond acceptors (Lipinski definition) is 5. The van der Waals surface area contributed by atoms with Crippen molar-refractivity contribution in [2.45, 2.75) is 17.2 Å². The molecular weight excluding hydrogens is 375 g/mol. The van der Waals surface area contributed by atoms with Crippen LogP contribution in [0.5, 0.6) is 0 Å². The van der Waals surface area contributed by atoms with Crippen molar-refractivity contribution in [2.24, 2.45) is 7.05 Å². The summed E-state index contributed by atoms with van der Waals surface area (Å²) in [6.45, 7) is 0. The number of esters is 1. The lowest BCUT2D eigenvalue weighted by Gasteiger charge is -2.20. The number of alkyl halides is 3. The smallest absolute Gasteiger partial charge is 0.432 e. The van der Waals surface area contributed by atoms with E-state index < -0.39 is 34.1 Å². The van der Waals surface area contributed by atoms with Crippen molar-refractivity contribution >= 4 is 16.0 Å². The number of nitrogens with zero attached hydrogens (tertiary/aromatic N) is 3. The molecule has 0 saturated heterocycles. The Hall–Kier alpha value is -2.40. The summed E-state index contributed by atoms with van der Waals surface area (Å²) in [4.78, 5) is 15.6. The second-order valence-electron chi connectivity index (χ2n) is 5.54. The van der Waals surface area contributed by atoms with E-state index in [1.165, 1.54) is 27.3 Å². The van der Waals surface area contributed by atoms with Crippen molar-refractivity contribution in [2.75, 3.05) is 14.1 Å². The Morgan fingerprint density at radius 1 is 1.23 bits per heavy atom. The number of benzene rings is 1. The normalized spacial score (nSPS) is 13.7. The van der Waals surface area contributed by atoms with Gasteiger partial charge in [0.25, 0.3) is 6.10 Å². The highest BCUT2D eigenvalue weighted by Crippen LogP contribution is 2.35. The Bertz CT molecular complexity index is 890. The summed E-state index contributed by atoms with van der Waals surface area (Å²) in [5, 5.41) is 0. The van der Waals surface area contributed by atoms with Crippen LogP contribution in [0.1, 0.15) is 22.3 Å². The minimum Gasteiger partial charge on any atom is -0.441 e. The molecule has 0 radical (unpaired) electrons. The fraction of sp³-hybridized carbons (Fsp3) is 0.333. The predicted molar refractivity (Wildman–Crippen MR) is 84.7 cm³/mol. The Kier molecular flexibility index (Phi) is 5.42. The molecule has 0 aliphatic heterocycles. The molecule has 2 aromatic rings. The molecule has 0 amide bonds. The number of rotatable bonds is 5. The molecule has 142 valence electrons. The summed E-state index contributed by atoms with van der Waals surface area (Å²) in [5.41, 5.74) is -0.217. The minimum absolute atomic E-state index is 0.101. The van der Waals surface area contributed by atoms with Gasteiger partial charge in [0.05, 0.1) is 10.5 Å². The highest BCUT2D eigenvalue weighted by Gasteiger charge is 2.46. The zero-order valence-electron chi connectivity index (χ0n) is 14.1. The zero-order chi connectivity index (χ0) is 19.7. The fourth-order valence-electron chi connectivity index (χ4n) is 2.04. The average molecular weight is 391 g/mol. The monoisotopic (exact) mass is 391 g/mol. The van der Waals surface area contributed by atoms with Crippen LogP contribution in [0.15, 0.2) is 41.6 Å². The topological polar surface area (TPSA) is 81.5 Å². The molecule has 0 saturated carbocycles. The molecule has 0 aliphatic rings. The Balaban J connectivity index is 2.27. The van der Waals surface area contributed by atoms with Crippen molar-refractivity contribution in [3.63, 3.8) is 0 Å². The fourth-order valence-corrected chi connectivity index (χ4v) is 2.95. The molecule has 1 heterocycles. The van der Waals surface area contributed by atoms with Crippen LogP contribution in [-0.4, -0.2) is 48.5 Å². The number of aryl methyl sites for hydroxylation is 1. The van der Waals surface area contributed by atoms with Crippen molar-refractivity contribution in [3.8, 4) is 0 Å². The van der Waals surface area contributed by atoms with Crippen LogP contribution >= 0.6 is 0 Å². The van der Waals surface area contributed by atoms with Gasteiger partial charge in [0.15, 0.2) is 5.82 Å². The third-order valence-corrected chi connectivity index (χ3v) is 5.31. The highest BCUT2D eigenvalue weighted by atomic mass is 32.2. The number of aromatic nitrogens is 2. The second kappa shape index (κ2) is 7.08. The molecule has 1 atom stereocenters. The van der Waals surface area contributed by atoms with E-state index in [2.05, 4.69) is 9.72 Å². The van der Waals surface area contributed by atoms with Gasteiger partial charge in [0, 0.05) is 33.5 Å². The summed E-state index contributed by atoms with van der Waals surface area (Å²) in [6, 6.07) is 4.42. The van der Waals surface area contributed by atoms with Crippen LogP contribution in [-0.2, 0) is 21.8 Å². The van der Waals surface area contributed by atoms with Gasteiger partial charge in [-0.3, -0.25) is 0 Å². The van der Waals surface area contributed by atoms with Crippen molar-refractivity contribution in [3.05, 3.63) is 48.0 Å². The molecule has 0 N–H and O–H groups in total. The molecule has 26 heavy (non-hydrogen) atoms. The number of carbonyl (C=O) groups is 1. The van der Waals surface area contributed by atoms with E-state index in [0.717, 1.165) is 39.3 Å². The summed E-state index contributed by atoms with van der Waals surface area (Å²) in [6.07, 6.45) is -4.95. The average Bonchev–Trinajstić information content (AvgIpc) is 2.96. The number of carbonyl (C=O) groups excluding carboxylic acids is 1. The van der Waals surface area contributed by atoms with E-state index in [9.17, 15) is 26.4 Å². The van der Waals surface area contributed by atoms with Gasteiger partial charge < -0.3 is 9.30 Å². The van der Waals surface area contributed by atoms with E-state index in [4.69, 9.17) is 0 Å². The van der Waals surface area contributed by atoms with Crippen LogP contribution in [0.25, 0.3) is 0 Å². The maximum Gasteiger partial charge on any atom is 0.432 e. The zero-order valence-corrected chi connectivity index (χ0v) is 14.9. The molecule has 2 rings (SSSR count). The first-order chi connectivity index (χ1) is 11.9. The minimum atomic E-state index is -4.86. The van der Waals surface area contributed by atoms with Gasteiger partial charge in [-0.2, -0.15) is 13.2 Å². The molecule has 0 aliphatic carbocycles. The van der Waals surface area contributed by atoms with Crippen LogP contribution < -0.4 is 0 Å². The summed E-state index contributed by atoms with van der Waals surface area (Å²) < 4.78 is 70.3. The molecule has 1 unspecified atom stereocenters. The number of sulfonamides is 1. The van der Waals surface area contributed by atoms with E-state index >= 15 is 0 Å². The molecule has 0 fully saturated rings. The summed E-state index contributed by atoms with van der Waals surface area (Å²) >= 11 is 0. The molecule has 0 spiro atoms. The number of hydrogen-bond donors (Lipinski definition) is 0. The van der Waals surface area contributed by atoms with E-state index in [1.54, 1.807) is 0 Å². The molecule has 1 aromatic heterocycles.